The number of nitrogens with one attached hydrogen (secondary N) is 2. The minimum absolute atomic E-state index is 0.0935. The molecule has 104 valence electrons. The van der Waals surface area contributed by atoms with E-state index in [9.17, 15) is 4.79 Å². The Labute approximate surface area is 118 Å². The van der Waals surface area contributed by atoms with Crippen LogP contribution in [0.25, 0.3) is 10.9 Å². The third-order valence-corrected chi connectivity index (χ3v) is 3.55. The molecule has 0 saturated carbocycles. The van der Waals surface area contributed by atoms with Crippen LogP contribution >= 0.6 is 0 Å². The lowest BCUT2D eigenvalue weighted by atomic mass is 10.1. The molecule has 1 fully saturated rings. The van der Waals surface area contributed by atoms with Crippen LogP contribution in [-0.2, 0) is 11.3 Å². The quantitative estimate of drug-likeness (QED) is 0.880. The molecule has 1 aromatic carbocycles. The van der Waals surface area contributed by atoms with Crippen molar-refractivity contribution in [1.82, 2.24) is 15.2 Å². The average Bonchev–Trinajstić information content (AvgIpc) is 2.46. The summed E-state index contributed by atoms with van der Waals surface area (Å²) in [7, 11) is 1.88. The molecule has 2 N–H and O–H groups in total. The second-order valence-electron chi connectivity index (χ2n) is 5.00. The van der Waals surface area contributed by atoms with Crippen molar-refractivity contribution in [2.75, 3.05) is 32.0 Å². The van der Waals surface area contributed by atoms with Crippen LogP contribution in [0.3, 0.4) is 0 Å². The molecule has 20 heavy (non-hydrogen) atoms. The van der Waals surface area contributed by atoms with Gasteiger partial charge in [0.05, 0.1) is 12.1 Å². The first-order chi connectivity index (χ1) is 9.76. The molecule has 1 aliphatic heterocycles. The molecule has 0 bridgehead atoms. The fourth-order valence-electron chi connectivity index (χ4n) is 2.56. The maximum absolute atomic E-state index is 11.4. The highest BCUT2D eigenvalue weighted by Crippen LogP contribution is 2.21. The number of piperazine rings is 1. The summed E-state index contributed by atoms with van der Waals surface area (Å²) in [5.41, 5.74) is 2.11. The van der Waals surface area contributed by atoms with E-state index < -0.39 is 0 Å². The smallest absolute Gasteiger partial charge is 0.234 e. The van der Waals surface area contributed by atoms with Crippen LogP contribution in [0.5, 0.6) is 0 Å². The summed E-state index contributed by atoms with van der Waals surface area (Å²) in [5.74, 6) is 0.977. The summed E-state index contributed by atoms with van der Waals surface area (Å²) in [6, 6.07) is 10.2. The van der Waals surface area contributed by atoms with Gasteiger partial charge in [-0.2, -0.15) is 0 Å². The van der Waals surface area contributed by atoms with Crippen LogP contribution in [0, 0.1) is 0 Å². The van der Waals surface area contributed by atoms with E-state index >= 15 is 0 Å². The van der Waals surface area contributed by atoms with Crippen molar-refractivity contribution in [2.24, 2.45) is 0 Å². The van der Waals surface area contributed by atoms with E-state index in [1.165, 1.54) is 0 Å². The lowest BCUT2D eigenvalue weighted by Gasteiger charge is -2.27. The van der Waals surface area contributed by atoms with E-state index in [0.29, 0.717) is 13.1 Å². The molecular weight excluding hydrogens is 252 g/mol. The van der Waals surface area contributed by atoms with Crippen molar-refractivity contribution in [3.05, 3.63) is 35.9 Å². The van der Waals surface area contributed by atoms with Gasteiger partial charge in [-0.05, 0) is 12.1 Å². The van der Waals surface area contributed by atoms with Gasteiger partial charge in [0, 0.05) is 37.6 Å². The molecule has 0 radical (unpaired) electrons. The molecule has 0 aliphatic carbocycles. The molecule has 0 unspecified atom stereocenters. The molecule has 5 heteroatoms. The maximum Gasteiger partial charge on any atom is 0.234 e. The molecule has 1 aliphatic rings. The number of fused-ring (bicyclic) bond motifs is 1. The van der Waals surface area contributed by atoms with Gasteiger partial charge in [-0.1, -0.05) is 18.2 Å². The molecule has 1 aromatic heterocycles. The Balaban J connectivity index is 1.91. The second kappa shape index (κ2) is 5.46. The molecule has 5 nitrogen and oxygen atoms in total. The molecule has 0 atom stereocenters. The zero-order chi connectivity index (χ0) is 13.9. The number of aromatic nitrogens is 1. The predicted octanol–water partition coefficient (Wildman–Crippen LogP) is 1.21. The number of carbonyl (C=O) groups is 1. The number of benzene rings is 1. The van der Waals surface area contributed by atoms with Crippen LogP contribution in [-0.4, -0.2) is 42.5 Å². The van der Waals surface area contributed by atoms with E-state index in [0.717, 1.165) is 35.4 Å². The molecule has 3 rings (SSSR count). The first-order valence-electron chi connectivity index (χ1n) is 6.82. The number of carbonyl (C=O) groups excluding carboxylic acids is 1. The third-order valence-electron chi connectivity index (χ3n) is 3.55. The lowest BCUT2D eigenvalue weighted by Crippen LogP contribution is -2.47. The predicted molar refractivity (Wildman–Crippen MR) is 79.6 cm³/mol. The van der Waals surface area contributed by atoms with Crippen molar-refractivity contribution in [2.45, 2.75) is 6.54 Å². The number of hydrogen-bond donors (Lipinski definition) is 2. The number of pyridine rings is 1. The summed E-state index contributed by atoms with van der Waals surface area (Å²) < 4.78 is 0. The molecular formula is C15H18N4O. The fourth-order valence-corrected chi connectivity index (χ4v) is 2.56. The van der Waals surface area contributed by atoms with Gasteiger partial charge in [-0.3, -0.25) is 9.69 Å². The minimum Gasteiger partial charge on any atom is -0.373 e. The number of para-hydroxylation sites is 1. The number of hydrogen-bond acceptors (Lipinski definition) is 4. The van der Waals surface area contributed by atoms with Crippen LogP contribution in [0.2, 0.25) is 0 Å². The van der Waals surface area contributed by atoms with Gasteiger partial charge in [0.15, 0.2) is 0 Å². The average molecular weight is 270 g/mol. The summed E-state index contributed by atoms with van der Waals surface area (Å²) in [6.07, 6.45) is 0. The van der Waals surface area contributed by atoms with E-state index in [4.69, 9.17) is 0 Å². The first-order valence-corrected chi connectivity index (χ1v) is 6.82. The number of nitrogens with zero attached hydrogens (tertiary/aromatic N) is 2. The highest BCUT2D eigenvalue weighted by Gasteiger charge is 2.17. The van der Waals surface area contributed by atoms with E-state index in [-0.39, 0.29) is 5.91 Å². The standard InChI is InChI=1S/C15H18N4O/c1-16-15-12(9-19-7-6-17-14(20)10-19)8-11-4-2-3-5-13(11)18-15/h2-5,8H,6-7,9-10H2,1H3,(H,16,18)(H,17,20). The topological polar surface area (TPSA) is 57.3 Å². The van der Waals surface area contributed by atoms with Gasteiger partial charge in [0.25, 0.3) is 0 Å². The lowest BCUT2D eigenvalue weighted by molar-refractivity contribution is -0.124. The molecule has 2 heterocycles. The number of amides is 1. The van der Waals surface area contributed by atoms with Crippen LogP contribution in [0.4, 0.5) is 5.82 Å². The van der Waals surface area contributed by atoms with Crippen LogP contribution < -0.4 is 10.6 Å². The Morgan fingerprint density at radius 2 is 2.25 bits per heavy atom. The molecule has 1 amide bonds. The Morgan fingerprint density at radius 1 is 1.40 bits per heavy atom. The molecule has 1 saturated heterocycles. The van der Waals surface area contributed by atoms with E-state index in [1.54, 1.807) is 0 Å². The van der Waals surface area contributed by atoms with Crippen molar-refractivity contribution in [3.8, 4) is 0 Å². The van der Waals surface area contributed by atoms with Gasteiger partial charge < -0.3 is 10.6 Å². The highest BCUT2D eigenvalue weighted by molar-refractivity contribution is 5.82. The summed E-state index contributed by atoms with van der Waals surface area (Å²) in [6.45, 7) is 2.79. The molecule has 2 aromatic rings. The number of anilines is 1. The zero-order valence-corrected chi connectivity index (χ0v) is 11.5. The van der Waals surface area contributed by atoms with Gasteiger partial charge in [0.1, 0.15) is 5.82 Å². The van der Waals surface area contributed by atoms with Gasteiger partial charge in [0.2, 0.25) is 5.91 Å². The molecule has 0 spiro atoms. The summed E-state index contributed by atoms with van der Waals surface area (Å²) >= 11 is 0. The second-order valence-corrected chi connectivity index (χ2v) is 5.00. The van der Waals surface area contributed by atoms with Crippen LogP contribution in [0.1, 0.15) is 5.56 Å². The Morgan fingerprint density at radius 3 is 3.05 bits per heavy atom. The maximum atomic E-state index is 11.4. The Kier molecular flexibility index (Phi) is 3.52. The van der Waals surface area contributed by atoms with E-state index in [1.807, 2.05) is 25.2 Å². The van der Waals surface area contributed by atoms with Gasteiger partial charge in [-0.25, -0.2) is 4.98 Å². The first kappa shape index (κ1) is 12.9. The Hall–Kier alpha value is -2.14. The Bertz CT molecular complexity index is 641. The third kappa shape index (κ3) is 2.58. The van der Waals surface area contributed by atoms with Crippen LogP contribution in [0.15, 0.2) is 30.3 Å². The van der Waals surface area contributed by atoms with Crippen molar-refractivity contribution < 1.29 is 4.79 Å². The monoisotopic (exact) mass is 270 g/mol. The minimum atomic E-state index is 0.0935. The summed E-state index contributed by atoms with van der Waals surface area (Å²) in [4.78, 5) is 18.2. The normalized spacial score (nSPS) is 16.1. The van der Waals surface area contributed by atoms with Crippen molar-refractivity contribution in [3.63, 3.8) is 0 Å². The van der Waals surface area contributed by atoms with Gasteiger partial charge in [-0.15, -0.1) is 0 Å². The number of rotatable bonds is 3. The van der Waals surface area contributed by atoms with E-state index in [2.05, 4.69) is 32.7 Å². The van der Waals surface area contributed by atoms with Crippen molar-refractivity contribution >= 4 is 22.6 Å². The largest absolute Gasteiger partial charge is 0.373 e. The van der Waals surface area contributed by atoms with Gasteiger partial charge >= 0.3 is 0 Å². The summed E-state index contributed by atoms with van der Waals surface area (Å²) in [5, 5.41) is 7.12. The van der Waals surface area contributed by atoms with Crippen molar-refractivity contribution in [1.29, 1.82) is 0 Å². The zero-order valence-electron chi connectivity index (χ0n) is 11.5. The SMILES string of the molecule is CNc1nc2ccccc2cc1CN1CCNC(=O)C1. The fraction of sp³-hybridized carbons (Fsp3) is 0.333. The highest BCUT2D eigenvalue weighted by atomic mass is 16.2.